The zero-order valence-corrected chi connectivity index (χ0v) is 16.2. The fourth-order valence-electron chi connectivity index (χ4n) is 3.51. The molecule has 1 unspecified atom stereocenters. The highest BCUT2D eigenvalue weighted by Crippen LogP contribution is 2.37. The van der Waals surface area contributed by atoms with Gasteiger partial charge in [0.1, 0.15) is 5.75 Å². The summed E-state index contributed by atoms with van der Waals surface area (Å²) in [4.78, 5) is 13.3. The van der Waals surface area contributed by atoms with Crippen molar-refractivity contribution in [1.82, 2.24) is 5.32 Å². The number of carbonyl (C=O) groups is 1. The maximum atomic E-state index is 13.3. The summed E-state index contributed by atoms with van der Waals surface area (Å²) >= 11 is 6.15. The minimum atomic E-state index is -2.87. The highest BCUT2D eigenvalue weighted by molar-refractivity contribution is 6.30. The van der Waals surface area contributed by atoms with Crippen molar-refractivity contribution >= 4 is 17.5 Å². The summed E-state index contributed by atoms with van der Waals surface area (Å²) in [6.07, 6.45) is 1.13. The fraction of sp³-hybridized carbons (Fsp3) is 0.381. The van der Waals surface area contributed by atoms with Crippen LogP contribution in [0.5, 0.6) is 5.75 Å². The molecule has 1 N–H and O–H groups in total. The first-order chi connectivity index (χ1) is 13.4. The molecule has 7 heteroatoms. The fourth-order valence-corrected chi connectivity index (χ4v) is 3.70. The number of rotatable bonds is 6. The number of carbonyl (C=O) groups excluding carboxylic acids is 1. The van der Waals surface area contributed by atoms with E-state index in [-0.39, 0.29) is 17.7 Å². The zero-order valence-electron chi connectivity index (χ0n) is 15.5. The first kappa shape index (κ1) is 20.6. The van der Waals surface area contributed by atoms with Crippen molar-refractivity contribution in [2.75, 3.05) is 13.2 Å². The van der Waals surface area contributed by atoms with Gasteiger partial charge in [-0.25, -0.2) is 0 Å². The average molecular weight is 410 g/mol. The van der Waals surface area contributed by atoms with Crippen LogP contribution in [0.2, 0.25) is 5.02 Å². The topological polar surface area (TPSA) is 47.6 Å². The Labute approximate surface area is 167 Å². The Morgan fingerprint density at radius 3 is 2.46 bits per heavy atom. The van der Waals surface area contributed by atoms with Gasteiger partial charge in [0.25, 0.3) is 0 Å². The van der Waals surface area contributed by atoms with Gasteiger partial charge < -0.3 is 14.8 Å². The summed E-state index contributed by atoms with van der Waals surface area (Å²) in [5, 5.41) is 3.64. The van der Waals surface area contributed by atoms with Crippen LogP contribution in [0.1, 0.15) is 36.9 Å². The van der Waals surface area contributed by atoms with Crippen molar-refractivity contribution < 1.29 is 23.0 Å². The Morgan fingerprint density at radius 1 is 1.18 bits per heavy atom. The Balaban J connectivity index is 1.78. The molecule has 2 aromatic rings. The number of hydrogen-bond acceptors (Lipinski definition) is 3. The highest BCUT2D eigenvalue weighted by atomic mass is 35.5. The Bertz CT molecular complexity index is 808. The van der Waals surface area contributed by atoms with E-state index in [1.807, 2.05) is 25.1 Å². The smallest absolute Gasteiger partial charge is 0.387 e. The monoisotopic (exact) mass is 409 g/mol. The van der Waals surface area contributed by atoms with Gasteiger partial charge in [-0.3, -0.25) is 4.79 Å². The average Bonchev–Trinajstić information content (AvgIpc) is 2.68. The van der Waals surface area contributed by atoms with Crippen LogP contribution in [0.25, 0.3) is 0 Å². The molecule has 1 fully saturated rings. The molecule has 3 rings (SSSR count). The molecule has 0 saturated carbocycles. The molecule has 4 nitrogen and oxygen atoms in total. The van der Waals surface area contributed by atoms with Crippen molar-refractivity contribution in [3.8, 4) is 5.75 Å². The molecular weight excluding hydrogens is 388 g/mol. The van der Waals surface area contributed by atoms with Crippen LogP contribution in [0.3, 0.4) is 0 Å². The van der Waals surface area contributed by atoms with Gasteiger partial charge in [0.2, 0.25) is 5.91 Å². The van der Waals surface area contributed by atoms with E-state index >= 15 is 0 Å². The van der Waals surface area contributed by atoms with Crippen molar-refractivity contribution in [1.29, 1.82) is 0 Å². The normalized spacial score (nSPS) is 17.2. The summed E-state index contributed by atoms with van der Waals surface area (Å²) < 4.78 is 34.4. The molecule has 150 valence electrons. The molecule has 0 radical (unpaired) electrons. The number of alkyl halides is 2. The van der Waals surface area contributed by atoms with Crippen LogP contribution in [-0.4, -0.2) is 25.7 Å². The van der Waals surface area contributed by atoms with E-state index in [1.54, 1.807) is 18.2 Å². The molecule has 1 aliphatic rings. The van der Waals surface area contributed by atoms with Gasteiger partial charge in [0.15, 0.2) is 0 Å². The lowest BCUT2D eigenvalue weighted by Crippen LogP contribution is -2.48. The van der Waals surface area contributed by atoms with E-state index in [0.717, 1.165) is 11.1 Å². The molecule has 1 saturated heterocycles. The Hall–Kier alpha value is -2.18. The van der Waals surface area contributed by atoms with E-state index in [1.165, 1.54) is 12.1 Å². The van der Waals surface area contributed by atoms with E-state index in [4.69, 9.17) is 16.3 Å². The van der Waals surface area contributed by atoms with Crippen molar-refractivity contribution in [3.05, 3.63) is 64.7 Å². The van der Waals surface area contributed by atoms with Gasteiger partial charge in [-0.1, -0.05) is 35.9 Å². The third-order valence-electron chi connectivity index (χ3n) is 5.11. The summed E-state index contributed by atoms with van der Waals surface area (Å²) in [7, 11) is 0. The molecule has 0 aliphatic carbocycles. The van der Waals surface area contributed by atoms with Gasteiger partial charge in [0.05, 0.1) is 11.5 Å². The highest BCUT2D eigenvalue weighted by Gasteiger charge is 2.42. The van der Waals surface area contributed by atoms with Crippen LogP contribution in [-0.2, 0) is 14.9 Å². The molecule has 1 amide bonds. The summed E-state index contributed by atoms with van der Waals surface area (Å²) in [6, 6.07) is 13.3. The third-order valence-corrected chi connectivity index (χ3v) is 5.35. The second-order valence-electron chi connectivity index (χ2n) is 6.85. The lowest BCUT2D eigenvalue weighted by Gasteiger charge is -2.37. The largest absolute Gasteiger partial charge is 0.435 e. The number of benzene rings is 2. The van der Waals surface area contributed by atoms with Crippen molar-refractivity contribution in [3.63, 3.8) is 0 Å². The van der Waals surface area contributed by atoms with Gasteiger partial charge in [-0.05, 0) is 55.2 Å². The quantitative estimate of drug-likeness (QED) is 0.740. The summed E-state index contributed by atoms with van der Waals surface area (Å²) in [5.74, 6) is -0.0180. The molecule has 28 heavy (non-hydrogen) atoms. The van der Waals surface area contributed by atoms with Gasteiger partial charge in [0, 0.05) is 18.2 Å². The summed E-state index contributed by atoms with van der Waals surface area (Å²) in [6.45, 7) is -0.0255. The summed E-state index contributed by atoms with van der Waals surface area (Å²) in [5.41, 5.74) is 0.952. The number of amides is 1. The van der Waals surface area contributed by atoms with Gasteiger partial charge in [-0.15, -0.1) is 0 Å². The number of ether oxygens (including phenoxy) is 2. The molecule has 0 bridgehead atoms. The standard InChI is InChI=1S/C21H22ClF2NO3/c1-14(15-5-7-18(8-6-15)28-20(23)24)25-19(26)21(9-11-27-12-10-21)16-3-2-4-17(22)13-16/h2-8,13-14,20H,9-12H2,1H3,(H,25,26). The number of halogens is 3. The predicted octanol–water partition coefficient (Wildman–Crippen LogP) is 4.87. The first-order valence-corrected chi connectivity index (χ1v) is 9.48. The molecule has 1 heterocycles. The van der Waals surface area contributed by atoms with Crippen LogP contribution in [0.4, 0.5) is 8.78 Å². The molecule has 1 atom stereocenters. The van der Waals surface area contributed by atoms with E-state index < -0.39 is 12.0 Å². The molecular formula is C21H22ClF2NO3. The SMILES string of the molecule is CC(NC(=O)C1(c2cccc(Cl)c2)CCOCC1)c1ccc(OC(F)F)cc1. The third kappa shape index (κ3) is 4.62. The zero-order chi connectivity index (χ0) is 20.1. The van der Waals surface area contributed by atoms with E-state index in [9.17, 15) is 13.6 Å². The lowest BCUT2D eigenvalue weighted by molar-refractivity contribution is -0.131. The lowest BCUT2D eigenvalue weighted by atomic mass is 9.73. The maximum Gasteiger partial charge on any atom is 0.387 e. The minimum Gasteiger partial charge on any atom is -0.435 e. The number of hydrogen-bond donors (Lipinski definition) is 1. The van der Waals surface area contributed by atoms with Gasteiger partial charge in [-0.2, -0.15) is 8.78 Å². The van der Waals surface area contributed by atoms with Gasteiger partial charge >= 0.3 is 6.61 Å². The van der Waals surface area contributed by atoms with Crippen molar-refractivity contribution in [2.24, 2.45) is 0 Å². The van der Waals surface area contributed by atoms with E-state index in [2.05, 4.69) is 10.1 Å². The van der Waals surface area contributed by atoms with Crippen LogP contribution < -0.4 is 10.1 Å². The Kier molecular flexibility index (Phi) is 6.52. The van der Waals surface area contributed by atoms with Crippen LogP contribution in [0, 0.1) is 0 Å². The number of nitrogens with one attached hydrogen (secondary N) is 1. The molecule has 0 aromatic heterocycles. The molecule has 2 aromatic carbocycles. The maximum absolute atomic E-state index is 13.3. The second kappa shape index (κ2) is 8.88. The van der Waals surface area contributed by atoms with Crippen molar-refractivity contribution in [2.45, 2.75) is 37.8 Å². The minimum absolute atomic E-state index is 0.0807. The molecule has 0 spiro atoms. The first-order valence-electron chi connectivity index (χ1n) is 9.10. The molecule has 1 aliphatic heterocycles. The second-order valence-corrected chi connectivity index (χ2v) is 7.28. The van der Waals surface area contributed by atoms with E-state index in [0.29, 0.717) is 31.1 Å². The Morgan fingerprint density at radius 2 is 1.86 bits per heavy atom. The van der Waals surface area contributed by atoms with Crippen LogP contribution >= 0.6 is 11.6 Å². The predicted molar refractivity (Wildman–Crippen MR) is 103 cm³/mol. The van der Waals surface area contributed by atoms with Crippen LogP contribution in [0.15, 0.2) is 48.5 Å².